The molecule has 0 fully saturated rings. The number of amides is 1. The van der Waals surface area contributed by atoms with Crippen LogP contribution in [0.4, 0.5) is 22.4 Å². The van der Waals surface area contributed by atoms with Crippen molar-refractivity contribution >= 4 is 6.09 Å². The maximum atomic E-state index is 13.2. The second-order valence-corrected chi connectivity index (χ2v) is 5.48. The van der Waals surface area contributed by atoms with E-state index in [1.165, 1.54) is 0 Å². The van der Waals surface area contributed by atoms with Crippen molar-refractivity contribution in [3.63, 3.8) is 0 Å². The topological polar surface area (TPSA) is 49.8 Å². The Balaban J connectivity index is 2.14. The SMILES string of the molecule is O=C(OCc1ccccc1)N(CCO)Cc1ccc(F)cc1C(F)(F)F. The first-order chi connectivity index (χ1) is 12.3. The van der Waals surface area contributed by atoms with Crippen molar-refractivity contribution in [3.05, 3.63) is 71.0 Å². The average Bonchev–Trinajstić information content (AvgIpc) is 2.60. The van der Waals surface area contributed by atoms with Gasteiger partial charge in [-0.15, -0.1) is 0 Å². The van der Waals surface area contributed by atoms with Crippen LogP contribution >= 0.6 is 0 Å². The second-order valence-electron chi connectivity index (χ2n) is 5.48. The maximum Gasteiger partial charge on any atom is 0.416 e. The molecule has 4 nitrogen and oxygen atoms in total. The molecule has 0 unspecified atom stereocenters. The van der Waals surface area contributed by atoms with Crippen LogP contribution in [0.25, 0.3) is 0 Å². The van der Waals surface area contributed by atoms with Crippen LogP contribution < -0.4 is 0 Å². The van der Waals surface area contributed by atoms with Crippen LogP contribution in [-0.4, -0.2) is 29.3 Å². The molecule has 2 rings (SSSR count). The summed E-state index contributed by atoms with van der Waals surface area (Å²) in [5.41, 5.74) is -0.747. The predicted octanol–water partition coefficient (Wildman–Crippen LogP) is 3.98. The average molecular weight is 371 g/mol. The molecule has 2 aromatic rings. The lowest BCUT2D eigenvalue weighted by Crippen LogP contribution is -2.34. The molecule has 2 aromatic carbocycles. The van der Waals surface area contributed by atoms with Crippen molar-refractivity contribution in [3.8, 4) is 0 Å². The van der Waals surface area contributed by atoms with Crippen molar-refractivity contribution in [2.75, 3.05) is 13.2 Å². The lowest BCUT2D eigenvalue weighted by molar-refractivity contribution is -0.138. The number of carbonyl (C=O) groups excluding carboxylic acids is 1. The molecule has 8 heteroatoms. The molecule has 140 valence electrons. The summed E-state index contributed by atoms with van der Waals surface area (Å²) in [6.45, 7) is -1.20. The van der Waals surface area contributed by atoms with Crippen LogP contribution in [0.1, 0.15) is 16.7 Å². The minimum atomic E-state index is -4.77. The van der Waals surface area contributed by atoms with E-state index in [1.54, 1.807) is 30.3 Å². The van der Waals surface area contributed by atoms with Crippen LogP contribution in [0.5, 0.6) is 0 Å². The molecule has 0 bridgehead atoms. The summed E-state index contributed by atoms with van der Waals surface area (Å²) in [7, 11) is 0. The molecule has 1 amide bonds. The van der Waals surface area contributed by atoms with Gasteiger partial charge in [0.1, 0.15) is 12.4 Å². The summed E-state index contributed by atoms with van der Waals surface area (Å²) in [5, 5.41) is 9.09. The van der Waals surface area contributed by atoms with Crippen LogP contribution in [0.2, 0.25) is 0 Å². The summed E-state index contributed by atoms with van der Waals surface area (Å²) in [4.78, 5) is 13.1. The highest BCUT2D eigenvalue weighted by Gasteiger charge is 2.34. The summed E-state index contributed by atoms with van der Waals surface area (Å²) in [6, 6.07) is 11.0. The van der Waals surface area contributed by atoms with E-state index in [2.05, 4.69) is 0 Å². The standard InChI is InChI=1S/C18H17F4NO3/c19-15-7-6-14(16(10-15)18(20,21)22)11-23(8-9-24)17(25)26-12-13-4-2-1-3-5-13/h1-7,10,24H,8-9,11-12H2. The van der Waals surface area contributed by atoms with Gasteiger partial charge in [-0.2, -0.15) is 13.2 Å². The molecule has 0 atom stereocenters. The van der Waals surface area contributed by atoms with Gasteiger partial charge in [-0.3, -0.25) is 0 Å². The molecule has 0 heterocycles. The van der Waals surface area contributed by atoms with Gasteiger partial charge in [-0.05, 0) is 23.3 Å². The molecule has 1 N–H and O–H groups in total. The highest BCUT2D eigenvalue weighted by molar-refractivity contribution is 5.67. The Labute approximate surface area is 147 Å². The minimum Gasteiger partial charge on any atom is -0.445 e. The number of benzene rings is 2. The first kappa shape index (κ1) is 19.7. The fraction of sp³-hybridized carbons (Fsp3) is 0.278. The summed E-state index contributed by atoms with van der Waals surface area (Å²) in [5.74, 6) is -1.03. The van der Waals surface area contributed by atoms with E-state index in [0.29, 0.717) is 11.6 Å². The van der Waals surface area contributed by atoms with Gasteiger partial charge >= 0.3 is 12.3 Å². The molecule has 0 aliphatic heterocycles. The Bertz CT molecular complexity index is 735. The molecule has 0 saturated heterocycles. The molecule has 0 aliphatic rings. The van der Waals surface area contributed by atoms with Gasteiger partial charge in [0.2, 0.25) is 0 Å². The molecule has 26 heavy (non-hydrogen) atoms. The van der Waals surface area contributed by atoms with E-state index in [4.69, 9.17) is 9.84 Å². The van der Waals surface area contributed by atoms with Crippen molar-refractivity contribution in [1.82, 2.24) is 4.90 Å². The second kappa shape index (κ2) is 8.66. The molecular weight excluding hydrogens is 354 g/mol. The largest absolute Gasteiger partial charge is 0.445 e. The molecule has 0 radical (unpaired) electrons. The minimum absolute atomic E-state index is 0.0584. The van der Waals surface area contributed by atoms with Gasteiger partial charge in [0.05, 0.1) is 12.2 Å². The smallest absolute Gasteiger partial charge is 0.416 e. The molecular formula is C18H17F4NO3. The zero-order valence-corrected chi connectivity index (χ0v) is 13.7. The lowest BCUT2D eigenvalue weighted by Gasteiger charge is -2.23. The fourth-order valence-electron chi connectivity index (χ4n) is 2.32. The van der Waals surface area contributed by atoms with Gasteiger partial charge in [-0.25, -0.2) is 9.18 Å². The zero-order valence-electron chi connectivity index (χ0n) is 13.7. The van der Waals surface area contributed by atoms with E-state index in [-0.39, 0.29) is 18.7 Å². The van der Waals surface area contributed by atoms with Crippen molar-refractivity contribution in [2.24, 2.45) is 0 Å². The number of alkyl halides is 3. The number of halogens is 4. The summed E-state index contributed by atoms with van der Waals surface area (Å²) in [6.07, 6.45) is -5.64. The monoisotopic (exact) mass is 371 g/mol. The van der Waals surface area contributed by atoms with Crippen molar-refractivity contribution in [2.45, 2.75) is 19.3 Å². The Kier molecular flexibility index (Phi) is 6.57. The molecule has 0 saturated carbocycles. The number of aliphatic hydroxyl groups is 1. The van der Waals surface area contributed by atoms with Crippen LogP contribution in [0, 0.1) is 5.82 Å². The third-order valence-electron chi connectivity index (χ3n) is 3.57. The lowest BCUT2D eigenvalue weighted by atomic mass is 10.1. The normalized spacial score (nSPS) is 11.3. The zero-order chi connectivity index (χ0) is 19.2. The van der Waals surface area contributed by atoms with E-state index in [9.17, 15) is 22.4 Å². The maximum absolute atomic E-state index is 13.2. The summed E-state index contributed by atoms with van der Waals surface area (Å²) >= 11 is 0. The Morgan fingerprint density at radius 1 is 1.12 bits per heavy atom. The Hall–Kier alpha value is -2.61. The highest BCUT2D eigenvalue weighted by Crippen LogP contribution is 2.33. The molecule has 0 aliphatic carbocycles. The summed E-state index contributed by atoms with van der Waals surface area (Å²) < 4.78 is 57.5. The number of nitrogens with zero attached hydrogens (tertiary/aromatic N) is 1. The number of aliphatic hydroxyl groups excluding tert-OH is 1. The number of hydrogen-bond donors (Lipinski definition) is 1. The number of ether oxygens (including phenoxy) is 1. The quantitative estimate of drug-likeness (QED) is 0.782. The van der Waals surface area contributed by atoms with E-state index in [0.717, 1.165) is 17.0 Å². The Morgan fingerprint density at radius 3 is 2.42 bits per heavy atom. The highest BCUT2D eigenvalue weighted by atomic mass is 19.4. The van der Waals surface area contributed by atoms with Gasteiger partial charge in [0, 0.05) is 13.1 Å². The Morgan fingerprint density at radius 2 is 1.81 bits per heavy atom. The number of rotatable bonds is 6. The van der Waals surface area contributed by atoms with Gasteiger partial charge in [-0.1, -0.05) is 36.4 Å². The van der Waals surface area contributed by atoms with Crippen molar-refractivity contribution < 1.29 is 32.2 Å². The fourth-order valence-corrected chi connectivity index (χ4v) is 2.32. The predicted molar refractivity (Wildman–Crippen MR) is 85.5 cm³/mol. The van der Waals surface area contributed by atoms with Gasteiger partial charge in [0.25, 0.3) is 0 Å². The van der Waals surface area contributed by atoms with Gasteiger partial charge in [0.15, 0.2) is 0 Å². The molecule has 0 spiro atoms. The van der Waals surface area contributed by atoms with E-state index in [1.807, 2.05) is 0 Å². The third kappa shape index (κ3) is 5.45. The van der Waals surface area contributed by atoms with E-state index < -0.39 is 36.8 Å². The first-order valence-electron chi connectivity index (χ1n) is 7.73. The number of carbonyl (C=O) groups is 1. The van der Waals surface area contributed by atoms with Crippen LogP contribution in [0.3, 0.4) is 0 Å². The van der Waals surface area contributed by atoms with Crippen molar-refractivity contribution in [1.29, 1.82) is 0 Å². The van der Waals surface area contributed by atoms with Gasteiger partial charge < -0.3 is 14.7 Å². The van der Waals surface area contributed by atoms with Crippen LogP contribution in [-0.2, 0) is 24.1 Å². The molecule has 0 aromatic heterocycles. The van der Waals surface area contributed by atoms with E-state index >= 15 is 0 Å². The van der Waals surface area contributed by atoms with Crippen LogP contribution in [0.15, 0.2) is 48.5 Å². The first-order valence-corrected chi connectivity index (χ1v) is 7.73. The third-order valence-corrected chi connectivity index (χ3v) is 3.57. The number of hydrogen-bond acceptors (Lipinski definition) is 3.